The van der Waals surface area contributed by atoms with E-state index < -0.39 is 0 Å². The fourth-order valence-corrected chi connectivity index (χ4v) is 11.9. The summed E-state index contributed by atoms with van der Waals surface area (Å²) in [6, 6.07) is 21.3. The molecule has 0 spiro atoms. The second kappa shape index (κ2) is 12.3. The molecule has 0 amide bonds. The van der Waals surface area contributed by atoms with E-state index in [4.69, 9.17) is 4.74 Å². The number of aromatic hydroxyl groups is 1. The zero-order valence-electron chi connectivity index (χ0n) is 28.6. The Kier molecular flexibility index (Phi) is 8.23. The van der Waals surface area contributed by atoms with Crippen LogP contribution < -0.4 is 4.74 Å². The minimum absolute atomic E-state index is 0.0883. The van der Waals surface area contributed by atoms with Crippen molar-refractivity contribution in [2.75, 3.05) is 0 Å². The van der Waals surface area contributed by atoms with Crippen LogP contribution in [0.1, 0.15) is 123 Å². The summed E-state index contributed by atoms with van der Waals surface area (Å²) in [6.45, 7) is 4.63. The Labute approximate surface area is 285 Å². The molecule has 0 heterocycles. The Morgan fingerprint density at radius 3 is 1.79 bits per heavy atom. The van der Waals surface area contributed by atoms with Gasteiger partial charge in [-0.2, -0.15) is 0 Å². The molecule has 3 N–H and O–H groups in total. The second-order valence-electron chi connectivity index (χ2n) is 16.6. The maximum absolute atomic E-state index is 12.4. The fourth-order valence-electron chi connectivity index (χ4n) is 11.9. The van der Waals surface area contributed by atoms with Gasteiger partial charge >= 0.3 is 5.97 Å². The Hall–Kier alpha value is -3.15. The normalized spacial score (nSPS) is 37.3. The molecule has 0 aromatic heterocycles. The highest BCUT2D eigenvalue weighted by Gasteiger charge is 2.55. The van der Waals surface area contributed by atoms with Crippen LogP contribution in [0.5, 0.6) is 11.5 Å². The van der Waals surface area contributed by atoms with Crippen LogP contribution >= 0.6 is 0 Å². The second-order valence-corrected chi connectivity index (χ2v) is 16.6. The predicted octanol–water partition coefficient (Wildman–Crippen LogP) is 8.73. The zero-order chi connectivity index (χ0) is 33.2. The number of hydrogen-bond donors (Lipinski definition) is 3. The maximum atomic E-state index is 12.4. The topological polar surface area (TPSA) is 87.0 Å². The van der Waals surface area contributed by atoms with E-state index in [1.54, 1.807) is 12.1 Å². The average Bonchev–Trinajstić information content (AvgIpc) is 3.58. The minimum atomic E-state index is -0.303. The van der Waals surface area contributed by atoms with Crippen molar-refractivity contribution in [1.29, 1.82) is 0 Å². The van der Waals surface area contributed by atoms with E-state index in [9.17, 15) is 20.1 Å². The monoisotopic (exact) mass is 648 g/mol. The first-order valence-corrected chi connectivity index (χ1v) is 18.7. The number of carbonyl (C=O) groups is 1. The Morgan fingerprint density at radius 1 is 0.667 bits per heavy atom. The smallest absolute Gasteiger partial charge is 0.343 e. The Balaban J connectivity index is 0.000000148. The lowest BCUT2D eigenvalue weighted by Gasteiger charge is -2.50. The highest BCUT2D eigenvalue weighted by Crippen LogP contribution is 2.62. The summed E-state index contributed by atoms with van der Waals surface area (Å²) in [5.41, 5.74) is 6.46. The standard InChI is InChI=1S/C25H28O3.C18H24O2/c1-25-14-13-20-19-10-8-18(28-24(27)16-5-3-2-4-6-16)15-17(19)7-9-21(20)22(25)11-12-23(25)26;1-18-9-8-14-13-5-3-12(19)10-11(13)2-4-15(14)16(18)6-7-17(18)20/h2-6,8,10,15,20-23,26H,7,9,11-14H2,1H3;3,5,10,14-17,19-20H,2,4,6-9H2,1H3/t20-,21-,22+,23+,25+;14-,15-,16+,17+,18+/m11/s1. The number of aliphatic hydroxyl groups is 2. The third-order valence-electron chi connectivity index (χ3n) is 14.5. The highest BCUT2D eigenvalue weighted by molar-refractivity contribution is 5.91. The number of phenols is 1. The lowest BCUT2D eigenvalue weighted by atomic mass is 9.55. The first-order valence-electron chi connectivity index (χ1n) is 18.7. The molecule has 3 aromatic rings. The first-order chi connectivity index (χ1) is 23.2. The van der Waals surface area contributed by atoms with E-state index in [0.29, 0.717) is 46.7 Å². The molecule has 6 aliphatic rings. The van der Waals surface area contributed by atoms with Gasteiger partial charge in [-0.25, -0.2) is 4.79 Å². The largest absolute Gasteiger partial charge is 0.508 e. The predicted molar refractivity (Wildman–Crippen MR) is 187 cm³/mol. The molecular weight excluding hydrogens is 596 g/mol. The number of phenolic OH excluding ortho intramolecular Hbond substituents is 1. The van der Waals surface area contributed by atoms with Crippen LogP contribution in [0, 0.1) is 34.5 Å². The summed E-state index contributed by atoms with van der Waals surface area (Å²) >= 11 is 0. The molecule has 5 nitrogen and oxygen atoms in total. The molecule has 4 saturated carbocycles. The molecule has 0 bridgehead atoms. The van der Waals surface area contributed by atoms with Gasteiger partial charge in [-0.1, -0.05) is 44.2 Å². The van der Waals surface area contributed by atoms with Crippen molar-refractivity contribution in [2.45, 2.75) is 115 Å². The van der Waals surface area contributed by atoms with Crippen molar-refractivity contribution in [3.8, 4) is 11.5 Å². The summed E-state index contributed by atoms with van der Waals surface area (Å²) < 4.78 is 5.63. The van der Waals surface area contributed by atoms with E-state index in [1.807, 2.05) is 36.4 Å². The molecule has 0 unspecified atom stereocenters. The summed E-state index contributed by atoms with van der Waals surface area (Å²) in [5, 5.41) is 30.6. The van der Waals surface area contributed by atoms with Crippen molar-refractivity contribution < 1.29 is 24.9 Å². The van der Waals surface area contributed by atoms with Crippen molar-refractivity contribution in [3.63, 3.8) is 0 Å². The number of aryl methyl sites for hydroxylation is 2. The summed E-state index contributed by atoms with van der Waals surface area (Å²) in [4.78, 5) is 12.4. The molecular formula is C43H52O5. The van der Waals surface area contributed by atoms with Crippen molar-refractivity contribution in [1.82, 2.24) is 0 Å². The fraction of sp³-hybridized carbons (Fsp3) is 0.558. The van der Waals surface area contributed by atoms with Gasteiger partial charge in [0.2, 0.25) is 0 Å². The van der Waals surface area contributed by atoms with Gasteiger partial charge in [0.05, 0.1) is 17.8 Å². The van der Waals surface area contributed by atoms with E-state index in [-0.39, 0.29) is 29.0 Å². The molecule has 3 aromatic carbocycles. The van der Waals surface area contributed by atoms with Crippen LogP contribution in [0.2, 0.25) is 0 Å². The van der Waals surface area contributed by atoms with Gasteiger partial charge in [-0.15, -0.1) is 0 Å². The lowest BCUT2D eigenvalue weighted by Crippen LogP contribution is -2.43. The average molecular weight is 649 g/mol. The van der Waals surface area contributed by atoms with Gasteiger partial charge in [0.15, 0.2) is 0 Å². The van der Waals surface area contributed by atoms with Crippen molar-refractivity contribution in [2.24, 2.45) is 34.5 Å². The van der Waals surface area contributed by atoms with Gasteiger partial charge in [-0.05, 0) is 182 Å². The minimum Gasteiger partial charge on any atom is -0.508 e. The van der Waals surface area contributed by atoms with Gasteiger partial charge in [-0.3, -0.25) is 0 Å². The molecule has 9 rings (SSSR count). The first kappa shape index (κ1) is 32.1. The van der Waals surface area contributed by atoms with Crippen LogP contribution in [-0.4, -0.2) is 33.5 Å². The van der Waals surface area contributed by atoms with Crippen LogP contribution in [-0.2, 0) is 12.8 Å². The third kappa shape index (κ3) is 5.31. The molecule has 6 aliphatic carbocycles. The van der Waals surface area contributed by atoms with Gasteiger partial charge in [0, 0.05) is 0 Å². The van der Waals surface area contributed by atoms with Crippen LogP contribution in [0.3, 0.4) is 0 Å². The molecule has 48 heavy (non-hydrogen) atoms. The number of fused-ring (bicyclic) bond motifs is 10. The van der Waals surface area contributed by atoms with Gasteiger partial charge in [0.1, 0.15) is 11.5 Å². The summed E-state index contributed by atoms with van der Waals surface area (Å²) in [5.74, 6) is 4.74. The third-order valence-corrected chi connectivity index (χ3v) is 14.5. The molecule has 0 saturated heterocycles. The van der Waals surface area contributed by atoms with Crippen molar-refractivity contribution >= 4 is 5.97 Å². The SMILES string of the molecule is C[C@]12CC[C@@H]3c4ccc(O)cc4CC[C@H]3[C@@H]1CC[C@@H]2O.C[C@]12CC[C@@H]3c4ccc(OC(=O)c5ccccc5)cc4CC[C@H]3[C@@H]1CC[C@@H]2O. The Bertz CT molecular complexity index is 1670. The number of esters is 1. The van der Waals surface area contributed by atoms with Crippen LogP contribution in [0.15, 0.2) is 66.7 Å². The number of hydrogen-bond acceptors (Lipinski definition) is 5. The molecule has 0 aliphatic heterocycles. The van der Waals surface area contributed by atoms with Crippen LogP contribution in [0.25, 0.3) is 0 Å². The van der Waals surface area contributed by atoms with E-state index >= 15 is 0 Å². The summed E-state index contributed by atoms with van der Waals surface area (Å²) in [6.07, 6.45) is 13.3. The quantitative estimate of drug-likeness (QED) is 0.191. The Morgan fingerprint density at radius 2 is 1.21 bits per heavy atom. The molecule has 254 valence electrons. The van der Waals surface area contributed by atoms with Crippen molar-refractivity contribution in [3.05, 3.63) is 94.5 Å². The number of carbonyl (C=O) groups excluding carboxylic acids is 1. The number of ether oxygens (including phenoxy) is 1. The number of rotatable bonds is 2. The van der Waals surface area contributed by atoms with Gasteiger partial charge in [0.25, 0.3) is 0 Å². The molecule has 5 heteroatoms. The van der Waals surface area contributed by atoms with E-state index in [1.165, 1.54) is 54.4 Å². The summed E-state index contributed by atoms with van der Waals surface area (Å²) in [7, 11) is 0. The van der Waals surface area contributed by atoms with Crippen LogP contribution in [0.4, 0.5) is 0 Å². The van der Waals surface area contributed by atoms with E-state index in [2.05, 4.69) is 32.0 Å². The molecule has 10 atom stereocenters. The molecule has 4 fully saturated rings. The maximum Gasteiger partial charge on any atom is 0.343 e. The number of aliphatic hydroxyl groups excluding tert-OH is 2. The van der Waals surface area contributed by atoms with Gasteiger partial charge < -0.3 is 20.1 Å². The lowest BCUT2D eigenvalue weighted by molar-refractivity contribution is -0.0226. The highest BCUT2D eigenvalue weighted by atomic mass is 16.5. The van der Waals surface area contributed by atoms with E-state index in [0.717, 1.165) is 50.9 Å². The molecule has 0 radical (unpaired) electrons. The number of benzene rings is 3. The zero-order valence-corrected chi connectivity index (χ0v) is 28.6.